The monoisotopic (exact) mass is 255 g/mol. The smallest absolute Gasteiger partial charge is 0.00122 e. The zero-order valence-corrected chi connectivity index (χ0v) is 12.8. The second-order valence-corrected chi connectivity index (χ2v) is 6.89. The number of nitrogens with one attached hydrogen (secondary N) is 1. The molecule has 1 aliphatic rings. The van der Waals surface area contributed by atoms with Crippen molar-refractivity contribution in [2.75, 3.05) is 33.2 Å². The van der Waals surface area contributed by atoms with Crippen molar-refractivity contribution in [1.29, 1.82) is 0 Å². The summed E-state index contributed by atoms with van der Waals surface area (Å²) in [4.78, 5) is 2.48. The Balaban J connectivity index is 2.21. The largest absolute Gasteiger partial charge is 0.328 e. The van der Waals surface area contributed by atoms with Gasteiger partial charge in [0.2, 0.25) is 0 Å². The van der Waals surface area contributed by atoms with Gasteiger partial charge < -0.3 is 16.0 Å². The van der Waals surface area contributed by atoms with Crippen LogP contribution in [0.3, 0.4) is 0 Å². The molecule has 3 nitrogen and oxygen atoms in total. The summed E-state index contributed by atoms with van der Waals surface area (Å²) in [6.07, 6.45) is 5.06. The Morgan fingerprint density at radius 1 is 1.44 bits per heavy atom. The third-order valence-electron chi connectivity index (χ3n) is 4.32. The Bertz CT molecular complexity index is 226. The Morgan fingerprint density at radius 3 is 2.78 bits per heavy atom. The van der Waals surface area contributed by atoms with Gasteiger partial charge in [-0.2, -0.15) is 0 Å². The molecule has 0 amide bonds. The third-order valence-corrected chi connectivity index (χ3v) is 4.32. The molecule has 0 aliphatic carbocycles. The van der Waals surface area contributed by atoms with Crippen molar-refractivity contribution in [1.82, 2.24) is 10.2 Å². The highest BCUT2D eigenvalue weighted by molar-refractivity contribution is 4.85. The molecule has 1 rings (SSSR count). The fourth-order valence-corrected chi connectivity index (χ4v) is 2.91. The molecule has 18 heavy (non-hydrogen) atoms. The zero-order valence-electron chi connectivity index (χ0n) is 12.8. The molecule has 0 saturated carbocycles. The van der Waals surface area contributed by atoms with Gasteiger partial charge in [-0.3, -0.25) is 0 Å². The molecule has 1 heterocycles. The molecule has 1 saturated heterocycles. The molecule has 2 unspecified atom stereocenters. The number of nitrogens with zero attached hydrogens (tertiary/aromatic N) is 1. The van der Waals surface area contributed by atoms with E-state index in [0.29, 0.717) is 11.5 Å². The van der Waals surface area contributed by atoms with Gasteiger partial charge >= 0.3 is 0 Å². The first-order valence-corrected chi connectivity index (χ1v) is 7.56. The van der Waals surface area contributed by atoms with Crippen LogP contribution in [0, 0.1) is 11.3 Å². The fraction of sp³-hybridized carbons (Fsp3) is 1.00. The lowest BCUT2D eigenvalue weighted by molar-refractivity contribution is 0.103. The zero-order chi connectivity index (χ0) is 13.6. The van der Waals surface area contributed by atoms with E-state index in [1.807, 2.05) is 0 Å². The predicted octanol–water partition coefficient (Wildman–Crippen LogP) is 2.07. The summed E-state index contributed by atoms with van der Waals surface area (Å²) in [6.45, 7) is 11.7. The van der Waals surface area contributed by atoms with Gasteiger partial charge in [0.1, 0.15) is 0 Å². The molecule has 0 aromatic rings. The summed E-state index contributed by atoms with van der Waals surface area (Å²) >= 11 is 0. The predicted molar refractivity (Wildman–Crippen MR) is 79.8 cm³/mol. The molecule has 2 atom stereocenters. The lowest BCUT2D eigenvalue weighted by Crippen LogP contribution is -2.44. The summed E-state index contributed by atoms with van der Waals surface area (Å²) in [5.41, 5.74) is 6.17. The topological polar surface area (TPSA) is 41.3 Å². The van der Waals surface area contributed by atoms with Crippen molar-refractivity contribution in [3.8, 4) is 0 Å². The van der Waals surface area contributed by atoms with Crippen LogP contribution in [0.5, 0.6) is 0 Å². The van der Waals surface area contributed by atoms with Gasteiger partial charge in [0, 0.05) is 19.1 Å². The van der Waals surface area contributed by atoms with Gasteiger partial charge in [0.05, 0.1) is 0 Å². The van der Waals surface area contributed by atoms with Crippen molar-refractivity contribution in [3.05, 3.63) is 0 Å². The minimum absolute atomic E-state index is 0.340. The number of nitrogens with two attached hydrogens (primary N) is 1. The van der Waals surface area contributed by atoms with Crippen molar-refractivity contribution in [3.63, 3.8) is 0 Å². The normalized spacial score (nSPS) is 24.2. The molecule has 3 N–H and O–H groups in total. The van der Waals surface area contributed by atoms with Gasteiger partial charge in [-0.1, -0.05) is 13.8 Å². The molecule has 0 radical (unpaired) electrons. The summed E-state index contributed by atoms with van der Waals surface area (Å²) in [7, 11) is 2.25. The van der Waals surface area contributed by atoms with Crippen LogP contribution >= 0.6 is 0 Å². The van der Waals surface area contributed by atoms with Gasteiger partial charge in [-0.05, 0) is 64.1 Å². The van der Waals surface area contributed by atoms with Crippen molar-refractivity contribution in [2.45, 2.75) is 52.5 Å². The summed E-state index contributed by atoms with van der Waals surface area (Å²) in [6, 6.07) is 0.340. The first-order chi connectivity index (χ1) is 8.42. The van der Waals surface area contributed by atoms with Gasteiger partial charge in [0.15, 0.2) is 0 Å². The highest BCUT2D eigenvalue weighted by Crippen LogP contribution is 2.32. The van der Waals surface area contributed by atoms with Gasteiger partial charge in [-0.15, -0.1) is 0 Å². The van der Waals surface area contributed by atoms with Crippen molar-refractivity contribution < 1.29 is 0 Å². The van der Waals surface area contributed by atoms with Gasteiger partial charge in [0.25, 0.3) is 0 Å². The molecule has 0 aromatic heterocycles. The Kier molecular flexibility index (Phi) is 6.61. The molecule has 3 heteroatoms. The lowest BCUT2D eigenvalue weighted by Gasteiger charge is -2.40. The standard InChI is InChI=1S/C15H33N3/c1-13(16)7-5-9-17-12-15(2,3)14-8-6-10-18(4)11-14/h13-14,17H,5-12,16H2,1-4H3. The van der Waals surface area contributed by atoms with E-state index in [-0.39, 0.29) is 0 Å². The van der Waals surface area contributed by atoms with Crippen LogP contribution in [0.25, 0.3) is 0 Å². The minimum Gasteiger partial charge on any atom is -0.328 e. The van der Waals surface area contributed by atoms with E-state index in [1.54, 1.807) is 0 Å². The maximum Gasteiger partial charge on any atom is 0.00122 e. The maximum atomic E-state index is 5.76. The fourth-order valence-electron chi connectivity index (χ4n) is 2.91. The molecule has 0 bridgehead atoms. The second kappa shape index (κ2) is 7.46. The number of hydrogen-bond acceptors (Lipinski definition) is 3. The Hall–Kier alpha value is -0.120. The minimum atomic E-state index is 0.340. The summed E-state index contributed by atoms with van der Waals surface area (Å²) < 4.78 is 0. The molecule has 0 aromatic carbocycles. The first kappa shape index (κ1) is 15.9. The van der Waals surface area contributed by atoms with E-state index in [1.165, 1.54) is 32.4 Å². The van der Waals surface area contributed by atoms with E-state index in [9.17, 15) is 0 Å². The molecule has 108 valence electrons. The highest BCUT2D eigenvalue weighted by atomic mass is 15.1. The molecular weight excluding hydrogens is 222 g/mol. The van der Waals surface area contributed by atoms with E-state index < -0.39 is 0 Å². The number of likely N-dealkylation sites (tertiary alicyclic amines) is 1. The molecule has 1 fully saturated rings. The van der Waals surface area contributed by atoms with Crippen molar-refractivity contribution in [2.24, 2.45) is 17.1 Å². The Morgan fingerprint density at radius 2 is 2.17 bits per heavy atom. The third kappa shape index (κ3) is 5.68. The van der Waals surface area contributed by atoms with E-state index in [0.717, 1.165) is 25.4 Å². The van der Waals surface area contributed by atoms with Crippen LogP contribution in [0.4, 0.5) is 0 Å². The van der Waals surface area contributed by atoms with E-state index in [2.05, 4.69) is 38.0 Å². The highest BCUT2D eigenvalue weighted by Gasteiger charge is 2.31. The first-order valence-electron chi connectivity index (χ1n) is 7.56. The molecule has 1 aliphatic heterocycles. The molecule has 0 spiro atoms. The van der Waals surface area contributed by atoms with Crippen molar-refractivity contribution >= 4 is 0 Å². The number of rotatable bonds is 7. The number of hydrogen-bond donors (Lipinski definition) is 2. The van der Waals surface area contributed by atoms with Crippen LogP contribution in [-0.2, 0) is 0 Å². The Labute approximate surface area is 113 Å². The van der Waals surface area contributed by atoms with Crippen LogP contribution in [-0.4, -0.2) is 44.2 Å². The van der Waals surface area contributed by atoms with Crippen LogP contribution < -0.4 is 11.1 Å². The molecular formula is C15H33N3. The lowest BCUT2D eigenvalue weighted by atomic mass is 9.74. The van der Waals surface area contributed by atoms with E-state index >= 15 is 0 Å². The average Bonchev–Trinajstić information content (AvgIpc) is 2.28. The number of piperidine rings is 1. The van der Waals surface area contributed by atoms with Crippen LogP contribution in [0.1, 0.15) is 46.5 Å². The quantitative estimate of drug-likeness (QED) is 0.684. The second-order valence-electron chi connectivity index (χ2n) is 6.89. The maximum absolute atomic E-state index is 5.76. The summed E-state index contributed by atoms with van der Waals surface area (Å²) in [5, 5.41) is 3.62. The van der Waals surface area contributed by atoms with Crippen LogP contribution in [0.15, 0.2) is 0 Å². The SMILES string of the molecule is CC(N)CCCNCC(C)(C)C1CCCN(C)C1. The summed E-state index contributed by atoms with van der Waals surface area (Å²) in [5.74, 6) is 0.831. The average molecular weight is 255 g/mol. The van der Waals surface area contributed by atoms with Crippen LogP contribution in [0.2, 0.25) is 0 Å². The van der Waals surface area contributed by atoms with Gasteiger partial charge in [-0.25, -0.2) is 0 Å². The van der Waals surface area contributed by atoms with E-state index in [4.69, 9.17) is 5.73 Å².